The van der Waals surface area contributed by atoms with E-state index in [1.807, 2.05) is 26.0 Å². The fourth-order valence-electron chi connectivity index (χ4n) is 1.18. The molecule has 0 aromatic carbocycles. The van der Waals surface area contributed by atoms with Crippen LogP contribution in [0.5, 0.6) is 0 Å². The van der Waals surface area contributed by atoms with Crippen molar-refractivity contribution in [3.8, 4) is 0 Å². The van der Waals surface area contributed by atoms with E-state index in [1.165, 1.54) is 0 Å². The summed E-state index contributed by atoms with van der Waals surface area (Å²) in [6.07, 6.45) is 4.73. The molecule has 0 unspecified atom stereocenters. The van der Waals surface area contributed by atoms with Crippen LogP contribution < -0.4 is 0 Å². The highest BCUT2D eigenvalue weighted by molar-refractivity contribution is 5.99. The maximum Gasteiger partial charge on any atom is 0.128 e. The molecule has 0 fully saturated rings. The van der Waals surface area contributed by atoms with E-state index in [2.05, 4.69) is 13.5 Å². The van der Waals surface area contributed by atoms with Crippen molar-refractivity contribution in [1.82, 2.24) is 0 Å². The van der Waals surface area contributed by atoms with Crippen LogP contribution in [0, 0.1) is 5.41 Å². The Morgan fingerprint density at radius 1 is 1.40 bits per heavy atom. The molecule has 2 heteroatoms. The van der Waals surface area contributed by atoms with E-state index in [4.69, 9.17) is 10.1 Å². The van der Waals surface area contributed by atoms with E-state index in [0.29, 0.717) is 12.3 Å². The van der Waals surface area contributed by atoms with Crippen LogP contribution in [0.25, 0.3) is 0 Å². The molecule has 0 saturated carbocycles. The zero-order valence-electron chi connectivity index (χ0n) is 10.2. The van der Waals surface area contributed by atoms with Gasteiger partial charge in [0.2, 0.25) is 0 Å². The van der Waals surface area contributed by atoms with Gasteiger partial charge in [-0.25, -0.2) is 0 Å². The summed E-state index contributed by atoms with van der Waals surface area (Å²) in [4.78, 5) is 0. The van der Waals surface area contributed by atoms with Crippen LogP contribution in [0.4, 0.5) is 0 Å². The topological polar surface area (TPSA) is 33.1 Å². The highest BCUT2D eigenvalue weighted by Gasteiger charge is 2.07. The molecule has 0 aliphatic rings. The van der Waals surface area contributed by atoms with Crippen LogP contribution in [-0.2, 0) is 4.74 Å². The second-order valence-corrected chi connectivity index (χ2v) is 3.53. The van der Waals surface area contributed by atoms with Gasteiger partial charge in [-0.05, 0) is 33.3 Å². The summed E-state index contributed by atoms with van der Waals surface area (Å²) in [6.45, 7) is 12.1. The lowest BCUT2D eigenvalue weighted by molar-refractivity contribution is 0.222. The van der Waals surface area contributed by atoms with Crippen molar-refractivity contribution in [2.75, 3.05) is 6.61 Å². The predicted octanol–water partition coefficient (Wildman–Crippen LogP) is 3.86. The van der Waals surface area contributed by atoms with Gasteiger partial charge in [0.1, 0.15) is 5.76 Å². The Morgan fingerprint density at radius 2 is 2.00 bits per heavy atom. The molecule has 0 aromatic rings. The van der Waals surface area contributed by atoms with E-state index in [-0.39, 0.29) is 0 Å². The third-order valence-electron chi connectivity index (χ3n) is 1.80. The van der Waals surface area contributed by atoms with E-state index < -0.39 is 0 Å². The summed E-state index contributed by atoms with van der Waals surface area (Å²) >= 11 is 0. The normalized spacial score (nSPS) is 12.5. The minimum atomic E-state index is 0.515. The Bertz CT molecular complexity index is 298. The van der Waals surface area contributed by atoms with Crippen molar-refractivity contribution >= 4 is 5.71 Å². The quantitative estimate of drug-likeness (QED) is 0.400. The second kappa shape index (κ2) is 7.04. The van der Waals surface area contributed by atoms with Crippen molar-refractivity contribution in [2.45, 2.75) is 34.1 Å². The van der Waals surface area contributed by atoms with Crippen molar-refractivity contribution in [1.29, 1.82) is 5.41 Å². The Kier molecular flexibility index (Phi) is 6.43. The molecule has 0 aromatic heterocycles. The number of hydrogen-bond acceptors (Lipinski definition) is 2. The molecule has 0 atom stereocenters. The average molecular weight is 207 g/mol. The lowest BCUT2D eigenvalue weighted by Crippen LogP contribution is -2.04. The van der Waals surface area contributed by atoms with Gasteiger partial charge in [-0.2, -0.15) is 0 Å². The zero-order valence-corrected chi connectivity index (χ0v) is 10.2. The van der Waals surface area contributed by atoms with Gasteiger partial charge in [0.05, 0.1) is 6.61 Å². The largest absolute Gasteiger partial charge is 0.493 e. The monoisotopic (exact) mass is 207 g/mol. The van der Waals surface area contributed by atoms with E-state index in [1.54, 1.807) is 6.92 Å². The average Bonchev–Trinajstić information content (AvgIpc) is 2.13. The van der Waals surface area contributed by atoms with Gasteiger partial charge in [-0.3, -0.25) is 0 Å². The summed E-state index contributed by atoms with van der Waals surface area (Å²) in [7, 11) is 0. The lowest BCUT2D eigenvalue weighted by atomic mass is 10.1. The molecule has 0 bridgehead atoms. The Morgan fingerprint density at radius 3 is 2.33 bits per heavy atom. The van der Waals surface area contributed by atoms with E-state index >= 15 is 0 Å². The summed E-state index contributed by atoms with van der Waals surface area (Å²) in [6, 6.07) is 0. The number of rotatable bonds is 6. The van der Waals surface area contributed by atoms with Crippen LogP contribution in [0.3, 0.4) is 0 Å². The molecule has 0 aliphatic carbocycles. The number of nitrogens with one attached hydrogen (secondary N) is 1. The molecule has 0 rings (SSSR count). The maximum atomic E-state index is 7.64. The smallest absolute Gasteiger partial charge is 0.128 e. The number of ether oxygens (including phenoxy) is 1. The van der Waals surface area contributed by atoms with Crippen LogP contribution >= 0.6 is 0 Å². The van der Waals surface area contributed by atoms with Gasteiger partial charge in [0, 0.05) is 11.3 Å². The van der Waals surface area contributed by atoms with Crippen LogP contribution in [0.1, 0.15) is 34.1 Å². The summed E-state index contributed by atoms with van der Waals surface area (Å²) in [5, 5.41) is 7.64. The maximum absolute atomic E-state index is 7.64. The predicted molar refractivity (Wildman–Crippen MR) is 66.3 cm³/mol. The van der Waals surface area contributed by atoms with Gasteiger partial charge >= 0.3 is 0 Å². The molecule has 0 saturated heterocycles. The highest BCUT2D eigenvalue weighted by Crippen LogP contribution is 2.15. The van der Waals surface area contributed by atoms with Crippen molar-refractivity contribution in [3.63, 3.8) is 0 Å². The summed E-state index contributed by atoms with van der Waals surface area (Å²) in [5.41, 5.74) is 2.29. The molecular formula is C13H21NO. The van der Waals surface area contributed by atoms with Crippen LogP contribution in [0.15, 0.2) is 35.6 Å². The van der Waals surface area contributed by atoms with Crippen molar-refractivity contribution < 1.29 is 4.74 Å². The second-order valence-electron chi connectivity index (χ2n) is 3.53. The van der Waals surface area contributed by atoms with Gasteiger partial charge in [-0.1, -0.05) is 25.2 Å². The van der Waals surface area contributed by atoms with Crippen LogP contribution in [-0.4, -0.2) is 12.3 Å². The van der Waals surface area contributed by atoms with Crippen molar-refractivity contribution in [2.24, 2.45) is 0 Å². The summed E-state index contributed by atoms with van der Waals surface area (Å²) in [5.74, 6) is 0.749. The number of hydrogen-bond donors (Lipinski definition) is 1. The molecule has 0 amide bonds. The van der Waals surface area contributed by atoms with Gasteiger partial charge in [0.25, 0.3) is 0 Å². The van der Waals surface area contributed by atoms with Crippen LogP contribution in [0.2, 0.25) is 0 Å². The van der Waals surface area contributed by atoms with Crippen molar-refractivity contribution in [3.05, 3.63) is 35.6 Å². The third-order valence-corrected chi connectivity index (χ3v) is 1.80. The zero-order chi connectivity index (χ0) is 11.8. The highest BCUT2D eigenvalue weighted by atomic mass is 16.5. The fraction of sp³-hybridized carbons (Fsp3) is 0.462. The summed E-state index contributed by atoms with van der Waals surface area (Å²) < 4.78 is 5.61. The fourth-order valence-corrected chi connectivity index (χ4v) is 1.18. The minimum absolute atomic E-state index is 0.515. The third kappa shape index (κ3) is 5.21. The Hall–Kier alpha value is -1.31. The molecule has 1 N–H and O–H groups in total. The molecule has 0 heterocycles. The molecule has 84 valence electrons. The molecular weight excluding hydrogens is 186 g/mol. The first-order valence-electron chi connectivity index (χ1n) is 5.25. The SMILES string of the molecule is C=C(C)C=C(OCCC)C(=CC)C(C)=N. The first kappa shape index (κ1) is 13.7. The lowest BCUT2D eigenvalue weighted by Gasteiger charge is -2.12. The molecule has 0 radical (unpaired) electrons. The molecule has 15 heavy (non-hydrogen) atoms. The Balaban J connectivity index is 4.92. The van der Waals surface area contributed by atoms with E-state index in [0.717, 1.165) is 23.3 Å². The number of allylic oxidation sites excluding steroid dienone is 4. The minimum Gasteiger partial charge on any atom is -0.493 e. The molecule has 0 aliphatic heterocycles. The molecule has 0 spiro atoms. The first-order chi connectivity index (χ1) is 7.02. The first-order valence-corrected chi connectivity index (χ1v) is 5.25. The van der Waals surface area contributed by atoms with Gasteiger partial charge < -0.3 is 10.1 Å². The van der Waals surface area contributed by atoms with Gasteiger partial charge in [-0.15, -0.1) is 0 Å². The van der Waals surface area contributed by atoms with E-state index in [9.17, 15) is 0 Å². The van der Waals surface area contributed by atoms with Gasteiger partial charge in [0.15, 0.2) is 0 Å². The Labute approximate surface area is 92.8 Å². The molecule has 2 nitrogen and oxygen atoms in total. The standard InChI is InChI=1S/C13H21NO/c1-6-8-15-13(9-10(3)4)12(7-2)11(5)14/h7,9,14H,3,6,8H2,1-2,4-5H3.